The van der Waals surface area contributed by atoms with Crippen LogP contribution in [0.3, 0.4) is 0 Å². The van der Waals surface area contributed by atoms with Crippen molar-refractivity contribution in [3.8, 4) is 28.5 Å². The van der Waals surface area contributed by atoms with E-state index >= 15 is 0 Å². The standard InChI is InChI=1S/C34H33ClN2O4S2/c1-2-3-18-43(39)24-29(22-40-21-25-14-16-28(35)17-15-25)41-33(38)23-42-34-31(20-36)30(26-10-6-4-7-11-26)19-32(37-34)27-12-8-5-9-13-27/h4-17,19,29H,2-3,18,21-24H2,1H3. The smallest absolute Gasteiger partial charge is 0.316 e. The SMILES string of the molecule is CCCCS(=O)CC(COCc1ccc(Cl)cc1)OC(=O)CSc1nc(-c2ccccc2)cc(-c2ccccc2)c1C#N. The highest BCUT2D eigenvalue weighted by Crippen LogP contribution is 2.34. The number of halogens is 1. The second-order valence-electron chi connectivity index (χ2n) is 9.79. The summed E-state index contributed by atoms with van der Waals surface area (Å²) in [5.41, 5.74) is 4.56. The largest absolute Gasteiger partial charge is 0.458 e. The number of rotatable bonds is 15. The molecule has 222 valence electrons. The van der Waals surface area contributed by atoms with Crippen LogP contribution in [0.25, 0.3) is 22.4 Å². The van der Waals surface area contributed by atoms with Gasteiger partial charge >= 0.3 is 5.97 Å². The van der Waals surface area contributed by atoms with Crippen molar-refractivity contribution in [3.63, 3.8) is 0 Å². The second-order valence-corrected chi connectivity index (χ2v) is 12.8. The summed E-state index contributed by atoms with van der Waals surface area (Å²) in [6, 6.07) is 30.9. The summed E-state index contributed by atoms with van der Waals surface area (Å²) in [5.74, 6) is 0.180. The minimum Gasteiger partial charge on any atom is -0.458 e. The van der Waals surface area contributed by atoms with Gasteiger partial charge in [-0.05, 0) is 35.7 Å². The van der Waals surface area contributed by atoms with Gasteiger partial charge in [-0.1, -0.05) is 110 Å². The van der Waals surface area contributed by atoms with Crippen LogP contribution in [0.5, 0.6) is 0 Å². The molecular weight excluding hydrogens is 600 g/mol. The highest BCUT2D eigenvalue weighted by molar-refractivity contribution is 8.00. The van der Waals surface area contributed by atoms with E-state index in [0.717, 1.165) is 46.9 Å². The van der Waals surface area contributed by atoms with E-state index in [2.05, 4.69) is 6.07 Å². The topological polar surface area (TPSA) is 89.3 Å². The first-order valence-corrected chi connectivity index (χ1v) is 16.9. The van der Waals surface area contributed by atoms with Gasteiger partial charge in [0.05, 0.1) is 36.0 Å². The monoisotopic (exact) mass is 632 g/mol. The van der Waals surface area contributed by atoms with Gasteiger partial charge in [0.1, 0.15) is 17.2 Å². The molecular formula is C34H33ClN2O4S2. The summed E-state index contributed by atoms with van der Waals surface area (Å²) in [6.45, 7) is 2.46. The van der Waals surface area contributed by atoms with E-state index < -0.39 is 22.9 Å². The lowest BCUT2D eigenvalue weighted by Gasteiger charge is -2.18. The van der Waals surface area contributed by atoms with Crippen LogP contribution in [0.4, 0.5) is 0 Å². The Balaban J connectivity index is 1.49. The Bertz CT molecular complexity index is 1540. The average Bonchev–Trinajstić information content (AvgIpc) is 3.04. The third kappa shape index (κ3) is 10.0. The van der Waals surface area contributed by atoms with Crippen LogP contribution in [-0.2, 0) is 31.7 Å². The van der Waals surface area contributed by atoms with Gasteiger partial charge in [-0.3, -0.25) is 9.00 Å². The first-order valence-electron chi connectivity index (χ1n) is 14.0. The Morgan fingerprint density at radius 1 is 1.02 bits per heavy atom. The molecule has 0 saturated carbocycles. The lowest BCUT2D eigenvalue weighted by molar-refractivity contribution is -0.147. The zero-order chi connectivity index (χ0) is 30.4. The first-order chi connectivity index (χ1) is 21.0. The minimum absolute atomic E-state index is 0.0660. The number of carbonyl (C=O) groups excluding carboxylic acids is 1. The number of esters is 1. The number of ether oxygens (including phenoxy) is 2. The van der Waals surface area contributed by atoms with Gasteiger partial charge in [0.15, 0.2) is 0 Å². The number of unbranched alkanes of at least 4 members (excludes halogenated alkanes) is 1. The molecule has 1 aromatic heterocycles. The molecule has 0 spiro atoms. The van der Waals surface area contributed by atoms with Gasteiger partial charge in [-0.15, -0.1) is 0 Å². The quantitative estimate of drug-likeness (QED) is 0.0979. The summed E-state index contributed by atoms with van der Waals surface area (Å²) < 4.78 is 24.3. The summed E-state index contributed by atoms with van der Waals surface area (Å²) in [5, 5.41) is 11.2. The fourth-order valence-corrected chi connectivity index (χ4v) is 6.55. The normalized spacial score (nSPS) is 12.3. The van der Waals surface area contributed by atoms with Crippen molar-refractivity contribution in [1.82, 2.24) is 4.98 Å². The van der Waals surface area contributed by atoms with Gasteiger partial charge in [-0.25, -0.2) is 4.98 Å². The van der Waals surface area contributed by atoms with Crippen molar-refractivity contribution in [3.05, 3.63) is 107 Å². The molecule has 3 aromatic carbocycles. The van der Waals surface area contributed by atoms with E-state index in [4.69, 9.17) is 26.1 Å². The number of hydrogen-bond donors (Lipinski definition) is 0. The number of nitriles is 1. The zero-order valence-corrected chi connectivity index (χ0v) is 26.3. The predicted octanol–water partition coefficient (Wildman–Crippen LogP) is 7.71. The van der Waals surface area contributed by atoms with Gasteiger partial charge in [-0.2, -0.15) is 5.26 Å². The Hall–Kier alpha value is -3.48. The van der Waals surface area contributed by atoms with E-state index in [1.165, 1.54) is 0 Å². The highest BCUT2D eigenvalue weighted by atomic mass is 35.5. The number of nitrogens with zero attached hydrogens (tertiary/aromatic N) is 2. The van der Waals surface area contributed by atoms with Gasteiger partial charge < -0.3 is 9.47 Å². The lowest BCUT2D eigenvalue weighted by atomic mass is 9.99. The predicted molar refractivity (Wildman–Crippen MR) is 174 cm³/mol. The molecule has 0 N–H and O–H groups in total. The van der Waals surface area contributed by atoms with Gasteiger partial charge in [0, 0.05) is 32.7 Å². The third-order valence-electron chi connectivity index (χ3n) is 6.46. The summed E-state index contributed by atoms with van der Waals surface area (Å²) in [6.07, 6.45) is 1.09. The highest BCUT2D eigenvalue weighted by Gasteiger charge is 2.21. The number of pyridine rings is 1. The molecule has 2 unspecified atom stereocenters. The molecule has 43 heavy (non-hydrogen) atoms. The molecule has 0 amide bonds. The second kappa shape index (κ2) is 17.0. The zero-order valence-electron chi connectivity index (χ0n) is 23.9. The van der Waals surface area contributed by atoms with E-state index in [1.54, 1.807) is 12.1 Å². The van der Waals surface area contributed by atoms with Crippen LogP contribution < -0.4 is 0 Å². The van der Waals surface area contributed by atoms with Gasteiger partial charge in [0.25, 0.3) is 0 Å². The molecule has 0 bridgehead atoms. The molecule has 0 aliphatic carbocycles. The Kier molecular flexibility index (Phi) is 12.8. The number of carbonyl (C=O) groups is 1. The maximum absolute atomic E-state index is 13.1. The summed E-state index contributed by atoms with van der Waals surface area (Å²) >= 11 is 7.13. The van der Waals surface area contributed by atoms with Crippen molar-refractivity contribution in [2.45, 2.75) is 37.5 Å². The number of thioether (sulfide) groups is 1. The van der Waals surface area contributed by atoms with Crippen LogP contribution in [-0.4, -0.2) is 45.1 Å². The number of hydrogen-bond acceptors (Lipinski definition) is 7. The molecule has 4 rings (SSSR count). The molecule has 0 radical (unpaired) electrons. The Morgan fingerprint density at radius 3 is 2.35 bits per heavy atom. The maximum Gasteiger partial charge on any atom is 0.316 e. The molecule has 0 aliphatic heterocycles. The van der Waals surface area contributed by atoms with Crippen LogP contribution in [0.2, 0.25) is 5.02 Å². The lowest BCUT2D eigenvalue weighted by Crippen LogP contribution is -2.30. The van der Waals surface area contributed by atoms with Crippen LogP contribution in [0.15, 0.2) is 96.0 Å². The third-order valence-corrected chi connectivity index (χ3v) is 9.15. The number of aromatic nitrogens is 1. The molecule has 9 heteroatoms. The molecule has 4 aromatic rings. The maximum atomic E-state index is 13.1. The van der Waals surface area contributed by atoms with Crippen molar-refractivity contribution < 1.29 is 18.5 Å². The van der Waals surface area contributed by atoms with Crippen LogP contribution in [0.1, 0.15) is 30.9 Å². The molecule has 0 fully saturated rings. The van der Waals surface area contributed by atoms with Crippen molar-refractivity contribution in [2.75, 3.05) is 23.9 Å². The Labute approximate surface area is 264 Å². The molecule has 0 saturated heterocycles. The molecule has 1 heterocycles. The fraction of sp³-hybridized carbons (Fsp3) is 0.265. The van der Waals surface area contributed by atoms with Crippen molar-refractivity contribution in [1.29, 1.82) is 5.26 Å². The van der Waals surface area contributed by atoms with E-state index in [0.29, 0.717) is 33.7 Å². The first kappa shape index (κ1) is 32.4. The van der Waals surface area contributed by atoms with Gasteiger partial charge in [0.2, 0.25) is 0 Å². The average molecular weight is 633 g/mol. The van der Waals surface area contributed by atoms with E-state index in [9.17, 15) is 14.3 Å². The molecule has 2 atom stereocenters. The molecule has 6 nitrogen and oxygen atoms in total. The summed E-state index contributed by atoms with van der Waals surface area (Å²) in [4.78, 5) is 17.9. The van der Waals surface area contributed by atoms with Crippen molar-refractivity contribution in [2.24, 2.45) is 0 Å². The van der Waals surface area contributed by atoms with Crippen molar-refractivity contribution >= 4 is 40.1 Å². The minimum atomic E-state index is -1.15. The van der Waals surface area contributed by atoms with E-state index in [1.807, 2.05) is 85.8 Å². The number of benzene rings is 3. The summed E-state index contributed by atoms with van der Waals surface area (Å²) in [7, 11) is -1.15. The molecule has 0 aliphatic rings. The van der Waals surface area contributed by atoms with Crippen LogP contribution >= 0.6 is 23.4 Å². The van der Waals surface area contributed by atoms with Crippen LogP contribution in [0, 0.1) is 11.3 Å². The fourth-order valence-electron chi connectivity index (χ4n) is 4.28. The Morgan fingerprint density at radius 2 is 1.70 bits per heavy atom. The van der Waals surface area contributed by atoms with E-state index in [-0.39, 0.29) is 18.1 Å².